The zero-order valence-corrected chi connectivity index (χ0v) is 15.3. The zero-order chi connectivity index (χ0) is 18.2. The summed E-state index contributed by atoms with van der Waals surface area (Å²) in [6.45, 7) is 1.98. The molecule has 0 fully saturated rings. The molecule has 1 heterocycles. The molecule has 0 radical (unpaired) electrons. The van der Waals surface area contributed by atoms with Gasteiger partial charge in [-0.05, 0) is 30.7 Å². The van der Waals surface area contributed by atoms with Crippen molar-refractivity contribution in [3.63, 3.8) is 0 Å². The normalized spacial score (nSPS) is 16.7. The number of halogens is 1. The molecule has 2 aromatic rings. The number of aliphatic hydroxyl groups is 1. The van der Waals surface area contributed by atoms with Gasteiger partial charge in [0.25, 0.3) is 10.0 Å². The van der Waals surface area contributed by atoms with Gasteiger partial charge in [0.1, 0.15) is 11.5 Å². The molecule has 0 saturated heterocycles. The second kappa shape index (κ2) is 6.74. The maximum absolute atomic E-state index is 12.8. The van der Waals surface area contributed by atoms with Gasteiger partial charge in [-0.25, -0.2) is 8.42 Å². The highest BCUT2D eigenvalue weighted by molar-refractivity contribution is 7.92. The van der Waals surface area contributed by atoms with Gasteiger partial charge >= 0.3 is 0 Å². The first kappa shape index (κ1) is 17.8. The molecular formula is C17H18ClNO5S. The van der Waals surface area contributed by atoms with E-state index in [2.05, 4.69) is 4.72 Å². The molecule has 2 N–H and O–H groups in total. The number of nitrogens with one attached hydrogen (secondary N) is 1. The minimum Gasteiger partial charge on any atom is -0.495 e. The Hall–Kier alpha value is -1.96. The van der Waals surface area contributed by atoms with Crippen molar-refractivity contribution in [2.45, 2.75) is 24.3 Å². The van der Waals surface area contributed by atoms with Crippen LogP contribution in [0.25, 0.3) is 0 Å². The highest BCUT2D eigenvalue weighted by atomic mass is 35.5. The third kappa shape index (κ3) is 3.40. The lowest BCUT2D eigenvalue weighted by Gasteiger charge is -2.24. The van der Waals surface area contributed by atoms with Gasteiger partial charge in [-0.1, -0.05) is 23.7 Å². The summed E-state index contributed by atoms with van der Waals surface area (Å²) >= 11 is 6.07. The van der Waals surface area contributed by atoms with E-state index < -0.39 is 16.1 Å². The summed E-state index contributed by atoms with van der Waals surface area (Å²) in [4.78, 5) is 0.0484. The number of aliphatic hydroxyl groups excluding tert-OH is 1. The van der Waals surface area contributed by atoms with Crippen LogP contribution in [0.3, 0.4) is 0 Å². The second-order valence-electron chi connectivity index (χ2n) is 5.73. The molecule has 1 atom stereocenters. The number of hydrogen-bond donors (Lipinski definition) is 2. The third-order valence-corrected chi connectivity index (χ3v) is 5.83. The molecule has 0 saturated carbocycles. The number of rotatable bonds is 4. The number of anilines is 1. The number of aryl methyl sites for hydroxylation is 1. The Balaban J connectivity index is 2.01. The van der Waals surface area contributed by atoms with Gasteiger partial charge in [-0.3, -0.25) is 4.72 Å². The fourth-order valence-electron chi connectivity index (χ4n) is 2.77. The van der Waals surface area contributed by atoms with Crippen molar-refractivity contribution in [2.75, 3.05) is 18.4 Å². The van der Waals surface area contributed by atoms with E-state index in [1.807, 2.05) is 0 Å². The van der Waals surface area contributed by atoms with Crippen LogP contribution in [0.15, 0.2) is 35.2 Å². The lowest BCUT2D eigenvalue weighted by atomic mass is 10.0. The molecule has 0 spiro atoms. The molecule has 2 aromatic carbocycles. The van der Waals surface area contributed by atoms with Crippen molar-refractivity contribution in [3.05, 3.63) is 46.5 Å². The minimum absolute atomic E-state index is 0.0484. The smallest absolute Gasteiger partial charge is 0.262 e. The standard InChI is InChI=1S/C17H18ClNO5S/c1-10-8-15(23-2)12(18)9-16(10)25(21,22)19-13-5-3-4-11-14(20)6-7-24-17(11)13/h3-5,8-9,14,19-20H,6-7H2,1-2H3. The summed E-state index contributed by atoms with van der Waals surface area (Å²) < 4.78 is 38.8. The van der Waals surface area contributed by atoms with E-state index in [0.29, 0.717) is 35.7 Å². The van der Waals surface area contributed by atoms with E-state index in [1.54, 1.807) is 31.2 Å². The fourth-order valence-corrected chi connectivity index (χ4v) is 4.39. The van der Waals surface area contributed by atoms with E-state index in [-0.39, 0.29) is 15.6 Å². The molecule has 134 valence electrons. The van der Waals surface area contributed by atoms with Crippen molar-refractivity contribution >= 4 is 27.3 Å². The number of ether oxygens (including phenoxy) is 2. The molecule has 0 bridgehead atoms. The van der Waals surface area contributed by atoms with Crippen molar-refractivity contribution in [1.29, 1.82) is 0 Å². The Morgan fingerprint density at radius 2 is 2.12 bits per heavy atom. The predicted molar refractivity (Wildman–Crippen MR) is 95.1 cm³/mol. The number of para-hydroxylation sites is 1. The number of methoxy groups -OCH3 is 1. The average molecular weight is 384 g/mol. The third-order valence-electron chi connectivity index (χ3n) is 4.03. The van der Waals surface area contributed by atoms with Crippen molar-refractivity contribution in [3.8, 4) is 11.5 Å². The van der Waals surface area contributed by atoms with E-state index >= 15 is 0 Å². The van der Waals surface area contributed by atoms with Crippen LogP contribution < -0.4 is 14.2 Å². The molecule has 0 aromatic heterocycles. The SMILES string of the molecule is COc1cc(C)c(S(=O)(=O)Nc2cccc3c2OCCC3O)cc1Cl. The summed E-state index contributed by atoms with van der Waals surface area (Å²) in [5.41, 5.74) is 1.35. The van der Waals surface area contributed by atoms with Crippen LogP contribution in [0.1, 0.15) is 23.7 Å². The Kier molecular flexibility index (Phi) is 4.81. The van der Waals surface area contributed by atoms with Gasteiger partial charge < -0.3 is 14.6 Å². The van der Waals surface area contributed by atoms with Crippen LogP contribution in [-0.4, -0.2) is 27.2 Å². The number of benzene rings is 2. The molecule has 1 aliphatic heterocycles. The van der Waals surface area contributed by atoms with E-state index in [9.17, 15) is 13.5 Å². The molecule has 8 heteroatoms. The number of hydrogen-bond acceptors (Lipinski definition) is 5. The van der Waals surface area contributed by atoms with Gasteiger partial charge in [-0.2, -0.15) is 0 Å². The maximum Gasteiger partial charge on any atom is 0.262 e. The van der Waals surface area contributed by atoms with Gasteiger partial charge in [0.2, 0.25) is 0 Å². The Morgan fingerprint density at radius 1 is 1.36 bits per heavy atom. The topological polar surface area (TPSA) is 84.9 Å². The summed E-state index contributed by atoms with van der Waals surface area (Å²) in [7, 11) is -2.43. The first-order valence-electron chi connectivity index (χ1n) is 7.64. The largest absolute Gasteiger partial charge is 0.495 e. The molecule has 6 nitrogen and oxygen atoms in total. The lowest BCUT2D eigenvalue weighted by molar-refractivity contribution is 0.116. The van der Waals surface area contributed by atoms with Crippen LogP contribution in [0.2, 0.25) is 5.02 Å². The highest BCUT2D eigenvalue weighted by Gasteiger charge is 2.25. The first-order chi connectivity index (χ1) is 11.8. The summed E-state index contributed by atoms with van der Waals surface area (Å²) in [5.74, 6) is 0.753. The first-order valence-corrected chi connectivity index (χ1v) is 9.50. The lowest BCUT2D eigenvalue weighted by Crippen LogP contribution is -2.19. The molecule has 0 amide bonds. The van der Waals surface area contributed by atoms with Crippen molar-refractivity contribution in [2.24, 2.45) is 0 Å². The zero-order valence-electron chi connectivity index (χ0n) is 13.7. The molecule has 1 unspecified atom stereocenters. The molecule has 25 heavy (non-hydrogen) atoms. The van der Waals surface area contributed by atoms with E-state index in [1.165, 1.54) is 13.2 Å². The Labute approximate surface area is 151 Å². The quantitative estimate of drug-likeness (QED) is 0.846. The van der Waals surface area contributed by atoms with E-state index in [0.717, 1.165) is 0 Å². The van der Waals surface area contributed by atoms with Gasteiger partial charge in [0.05, 0.1) is 35.4 Å². The molecule has 3 rings (SSSR count). The van der Waals surface area contributed by atoms with Crippen LogP contribution >= 0.6 is 11.6 Å². The summed E-state index contributed by atoms with van der Waals surface area (Å²) in [5, 5.41) is 10.3. The Bertz CT molecular complexity index is 913. The van der Waals surface area contributed by atoms with Crippen LogP contribution in [0.4, 0.5) is 5.69 Å². The summed E-state index contributed by atoms with van der Waals surface area (Å²) in [6.07, 6.45) is -0.207. The molecular weight excluding hydrogens is 366 g/mol. The minimum atomic E-state index is -3.89. The van der Waals surface area contributed by atoms with Crippen LogP contribution in [0.5, 0.6) is 11.5 Å². The van der Waals surface area contributed by atoms with Crippen molar-refractivity contribution in [1.82, 2.24) is 0 Å². The van der Waals surface area contributed by atoms with Crippen molar-refractivity contribution < 1.29 is 23.0 Å². The van der Waals surface area contributed by atoms with Gasteiger partial charge in [-0.15, -0.1) is 0 Å². The average Bonchev–Trinajstić information content (AvgIpc) is 2.57. The second-order valence-corrected chi connectivity index (χ2v) is 7.79. The molecule has 0 aliphatic carbocycles. The van der Waals surface area contributed by atoms with Crippen LogP contribution in [0, 0.1) is 6.92 Å². The molecule has 1 aliphatic rings. The van der Waals surface area contributed by atoms with Crippen LogP contribution in [-0.2, 0) is 10.0 Å². The predicted octanol–water partition coefficient (Wildman–Crippen LogP) is 3.27. The Morgan fingerprint density at radius 3 is 2.84 bits per heavy atom. The highest BCUT2D eigenvalue weighted by Crippen LogP contribution is 2.39. The maximum atomic E-state index is 12.8. The van der Waals surface area contributed by atoms with Gasteiger partial charge in [0, 0.05) is 12.0 Å². The fraction of sp³-hybridized carbons (Fsp3) is 0.294. The summed E-state index contributed by atoms with van der Waals surface area (Å²) in [6, 6.07) is 7.89. The van der Waals surface area contributed by atoms with Gasteiger partial charge in [0.15, 0.2) is 0 Å². The monoisotopic (exact) mass is 383 g/mol. The number of sulfonamides is 1. The number of fused-ring (bicyclic) bond motifs is 1. The van der Waals surface area contributed by atoms with E-state index in [4.69, 9.17) is 21.1 Å².